The molecule has 1 amide bonds. The van der Waals surface area contributed by atoms with Gasteiger partial charge in [0.15, 0.2) is 11.5 Å². The number of benzene rings is 2. The molecule has 2 N–H and O–H groups in total. The number of carbonyl (C=O) groups is 1. The molecule has 0 saturated carbocycles. The van der Waals surface area contributed by atoms with E-state index in [-0.39, 0.29) is 5.91 Å². The van der Waals surface area contributed by atoms with Gasteiger partial charge in [0.2, 0.25) is 5.91 Å². The van der Waals surface area contributed by atoms with Crippen LogP contribution in [-0.4, -0.2) is 29.1 Å². The smallest absolute Gasteiger partial charge is 0.228 e. The first kappa shape index (κ1) is 15.5. The zero-order valence-electron chi connectivity index (χ0n) is 14.0. The lowest BCUT2D eigenvalue weighted by Crippen LogP contribution is -2.17. The highest BCUT2D eigenvalue weighted by molar-refractivity contribution is 5.93. The third kappa shape index (κ3) is 3.28. The zero-order valence-corrected chi connectivity index (χ0v) is 14.0. The molecule has 0 bridgehead atoms. The van der Waals surface area contributed by atoms with Crippen molar-refractivity contribution in [2.45, 2.75) is 19.8 Å². The standard InChI is InChI=1S/C19H19N3O3/c1-2-18-21-14-5-3-12(9-15(14)22-18)10-19(23)20-13-4-6-16-17(11-13)25-8-7-24-16/h3-6,9,11H,2,7-8,10H2,1H3,(H,20,23)(H,21,22). The first-order valence-electron chi connectivity index (χ1n) is 8.38. The van der Waals surface area contributed by atoms with Gasteiger partial charge in [0.05, 0.1) is 17.5 Å². The second-order valence-corrected chi connectivity index (χ2v) is 5.97. The van der Waals surface area contributed by atoms with Crippen molar-refractivity contribution in [3.63, 3.8) is 0 Å². The summed E-state index contributed by atoms with van der Waals surface area (Å²) in [6, 6.07) is 11.3. The van der Waals surface area contributed by atoms with E-state index in [0.29, 0.717) is 36.8 Å². The molecule has 0 fully saturated rings. The Kier molecular flexibility index (Phi) is 4.01. The van der Waals surface area contributed by atoms with Gasteiger partial charge in [-0.25, -0.2) is 4.98 Å². The van der Waals surface area contributed by atoms with E-state index in [1.807, 2.05) is 30.3 Å². The summed E-state index contributed by atoms with van der Waals surface area (Å²) >= 11 is 0. The molecule has 0 unspecified atom stereocenters. The lowest BCUT2D eigenvalue weighted by Gasteiger charge is -2.19. The highest BCUT2D eigenvalue weighted by Gasteiger charge is 2.13. The number of aromatic nitrogens is 2. The summed E-state index contributed by atoms with van der Waals surface area (Å²) in [5.74, 6) is 2.25. The summed E-state index contributed by atoms with van der Waals surface area (Å²) in [4.78, 5) is 20.1. The monoisotopic (exact) mass is 337 g/mol. The minimum absolute atomic E-state index is 0.0775. The summed E-state index contributed by atoms with van der Waals surface area (Å²) in [6.07, 6.45) is 1.15. The predicted octanol–water partition coefficient (Wildman–Crippen LogP) is 3.08. The number of aryl methyl sites for hydroxylation is 1. The van der Waals surface area contributed by atoms with E-state index in [1.165, 1.54) is 0 Å². The van der Waals surface area contributed by atoms with Gasteiger partial charge in [-0.15, -0.1) is 0 Å². The number of amides is 1. The largest absolute Gasteiger partial charge is 0.486 e. The van der Waals surface area contributed by atoms with Gasteiger partial charge in [0.1, 0.15) is 19.0 Å². The molecular weight excluding hydrogens is 318 g/mol. The van der Waals surface area contributed by atoms with Crippen LogP contribution in [0.5, 0.6) is 11.5 Å². The van der Waals surface area contributed by atoms with Gasteiger partial charge in [-0.05, 0) is 29.8 Å². The normalized spacial score (nSPS) is 13.0. The number of imidazole rings is 1. The topological polar surface area (TPSA) is 76.2 Å². The Morgan fingerprint density at radius 3 is 2.84 bits per heavy atom. The molecular formula is C19H19N3O3. The number of H-pyrrole nitrogens is 1. The number of anilines is 1. The highest BCUT2D eigenvalue weighted by atomic mass is 16.6. The fraction of sp³-hybridized carbons (Fsp3) is 0.263. The fourth-order valence-electron chi connectivity index (χ4n) is 2.90. The van der Waals surface area contributed by atoms with Gasteiger partial charge in [0.25, 0.3) is 0 Å². The average molecular weight is 337 g/mol. The summed E-state index contributed by atoms with van der Waals surface area (Å²) < 4.78 is 11.0. The van der Waals surface area contributed by atoms with Gasteiger partial charge in [-0.3, -0.25) is 4.79 Å². The number of aromatic amines is 1. The van der Waals surface area contributed by atoms with Crippen molar-refractivity contribution in [3.8, 4) is 11.5 Å². The first-order chi connectivity index (χ1) is 12.2. The van der Waals surface area contributed by atoms with Gasteiger partial charge in [-0.1, -0.05) is 13.0 Å². The van der Waals surface area contributed by atoms with Crippen molar-refractivity contribution in [1.29, 1.82) is 0 Å². The Hall–Kier alpha value is -3.02. The number of nitrogens with one attached hydrogen (secondary N) is 2. The lowest BCUT2D eigenvalue weighted by molar-refractivity contribution is -0.115. The third-order valence-corrected chi connectivity index (χ3v) is 4.12. The Bertz CT molecular complexity index is 933. The maximum Gasteiger partial charge on any atom is 0.228 e. The number of rotatable bonds is 4. The molecule has 0 aliphatic carbocycles. The summed E-state index contributed by atoms with van der Waals surface area (Å²) in [5.41, 5.74) is 3.52. The second-order valence-electron chi connectivity index (χ2n) is 5.97. The average Bonchev–Trinajstić information content (AvgIpc) is 3.04. The van der Waals surface area contributed by atoms with Crippen LogP contribution < -0.4 is 14.8 Å². The molecule has 1 aliphatic heterocycles. The van der Waals surface area contributed by atoms with Crippen LogP contribution in [0.2, 0.25) is 0 Å². The molecule has 4 rings (SSSR count). The van der Waals surface area contributed by atoms with E-state index in [1.54, 1.807) is 6.07 Å². The quantitative estimate of drug-likeness (QED) is 0.767. The Balaban J connectivity index is 1.46. The molecule has 6 nitrogen and oxygen atoms in total. The number of carbonyl (C=O) groups excluding carboxylic acids is 1. The zero-order chi connectivity index (χ0) is 17.2. The number of ether oxygens (including phenoxy) is 2. The lowest BCUT2D eigenvalue weighted by atomic mass is 10.1. The molecule has 1 aromatic heterocycles. The fourth-order valence-corrected chi connectivity index (χ4v) is 2.90. The van der Waals surface area contributed by atoms with Crippen LogP contribution in [0.3, 0.4) is 0 Å². The maximum absolute atomic E-state index is 12.3. The number of fused-ring (bicyclic) bond motifs is 2. The van der Waals surface area contributed by atoms with Crippen molar-refractivity contribution in [3.05, 3.63) is 47.8 Å². The molecule has 2 heterocycles. The minimum atomic E-state index is -0.0775. The molecule has 0 spiro atoms. The van der Waals surface area contributed by atoms with E-state index in [9.17, 15) is 4.79 Å². The van der Waals surface area contributed by atoms with E-state index in [4.69, 9.17) is 9.47 Å². The minimum Gasteiger partial charge on any atom is -0.486 e. The molecule has 25 heavy (non-hydrogen) atoms. The van der Waals surface area contributed by atoms with Crippen LogP contribution in [-0.2, 0) is 17.6 Å². The van der Waals surface area contributed by atoms with Gasteiger partial charge >= 0.3 is 0 Å². The van der Waals surface area contributed by atoms with E-state index >= 15 is 0 Å². The summed E-state index contributed by atoms with van der Waals surface area (Å²) in [6.45, 7) is 3.13. The van der Waals surface area contributed by atoms with Crippen LogP contribution in [0, 0.1) is 0 Å². The van der Waals surface area contributed by atoms with Gasteiger partial charge in [-0.2, -0.15) is 0 Å². The molecule has 1 aliphatic rings. The van der Waals surface area contributed by atoms with Crippen molar-refractivity contribution in [2.24, 2.45) is 0 Å². The Morgan fingerprint density at radius 1 is 1.16 bits per heavy atom. The number of hydrogen-bond donors (Lipinski definition) is 2. The third-order valence-electron chi connectivity index (χ3n) is 4.12. The van der Waals surface area contributed by atoms with Crippen LogP contribution in [0.4, 0.5) is 5.69 Å². The van der Waals surface area contributed by atoms with Crippen molar-refractivity contribution in [1.82, 2.24) is 9.97 Å². The van der Waals surface area contributed by atoms with Crippen molar-refractivity contribution >= 4 is 22.6 Å². The van der Waals surface area contributed by atoms with E-state index in [2.05, 4.69) is 22.2 Å². The van der Waals surface area contributed by atoms with E-state index in [0.717, 1.165) is 28.8 Å². The molecule has 2 aromatic carbocycles. The number of hydrogen-bond acceptors (Lipinski definition) is 4. The SMILES string of the molecule is CCc1nc2ccc(CC(=O)Nc3ccc4c(c3)OCCO4)cc2[nH]1. The molecule has 6 heteroatoms. The Labute approximate surface area is 145 Å². The first-order valence-corrected chi connectivity index (χ1v) is 8.38. The second kappa shape index (κ2) is 6.47. The molecule has 0 radical (unpaired) electrons. The summed E-state index contributed by atoms with van der Waals surface area (Å²) in [7, 11) is 0. The van der Waals surface area contributed by atoms with Crippen LogP contribution in [0.25, 0.3) is 11.0 Å². The maximum atomic E-state index is 12.3. The molecule has 3 aromatic rings. The highest BCUT2D eigenvalue weighted by Crippen LogP contribution is 2.32. The Morgan fingerprint density at radius 2 is 2.00 bits per heavy atom. The van der Waals surface area contributed by atoms with Crippen molar-refractivity contribution < 1.29 is 14.3 Å². The summed E-state index contributed by atoms with van der Waals surface area (Å²) in [5, 5.41) is 2.90. The van der Waals surface area contributed by atoms with Gasteiger partial charge < -0.3 is 19.8 Å². The molecule has 128 valence electrons. The van der Waals surface area contributed by atoms with E-state index < -0.39 is 0 Å². The van der Waals surface area contributed by atoms with Crippen LogP contribution in [0.1, 0.15) is 18.3 Å². The van der Waals surface area contributed by atoms with Crippen LogP contribution in [0.15, 0.2) is 36.4 Å². The molecule has 0 saturated heterocycles. The predicted molar refractivity (Wildman–Crippen MR) is 95.2 cm³/mol. The molecule has 0 atom stereocenters. The van der Waals surface area contributed by atoms with Crippen LogP contribution >= 0.6 is 0 Å². The van der Waals surface area contributed by atoms with Gasteiger partial charge in [0, 0.05) is 18.2 Å². The van der Waals surface area contributed by atoms with Crippen molar-refractivity contribution in [2.75, 3.05) is 18.5 Å². The number of nitrogens with zero attached hydrogens (tertiary/aromatic N) is 1.